The Kier molecular flexibility index (Phi) is 3.68. The van der Waals surface area contributed by atoms with Crippen LogP contribution in [0.1, 0.15) is 0 Å². The van der Waals surface area contributed by atoms with Crippen molar-refractivity contribution in [3.05, 3.63) is 53.0 Å². The summed E-state index contributed by atoms with van der Waals surface area (Å²) in [6.07, 6.45) is 6.14. The van der Waals surface area contributed by atoms with Crippen LogP contribution in [-0.4, -0.2) is 35.1 Å². The summed E-state index contributed by atoms with van der Waals surface area (Å²) in [7, 11) is 0. The third kappa shape index (κ3) is 2.61. The average Bonchev–Trinajstić information content (AvgIpc) is 3.26. The van der Waals surface area contributed by atoms with E-state index in [1.165, 1.54) is 17.1 Å². The standard InChI is InChI=1S/C14H7Cl2N7O/c15-8-1-2-9(16)11(5-8)23-12(7-19-22-23)14-20-13(21-24-14)10-6-17-3-4-18-10/h1-7H. The van der Waals surface area contributed by atoms with Gasteiger partial charge in [-0.25, -0.2) is 9.67 Å². The van der Waals surface area contributed by atoms with Crippen LogP contribution in [0, 0.1) is 0 Å². The Morgan fingerprint density at radius 2 is 2.00 bits per heavy atom. The number of aromatic nitrogens is 7. The number of rotatable bonds is 3. The molecule has 1 aromatic carbocycles. The Bertz CT molecular complexity index is 999. The maximum Gasteiger partial charge on any atom is 0.278 e. The van der Waals surface area contributed by atoms with E-state index in [1.807, 2.05) is 0 Å². The molecule has 118 valence electrons. The van der Waals surface area contributed by atoms with E-state index >= 15 is 0 Å². The van der Waals surface area contributed by atoms with E-state index in [0.717, 1.165) is 0 Å². The Balaban J connectivity index is 1.79. The molecule has 8 nitrogen and oxygen atoms in total. The van der Waals surface area contributed by atoms with Crippen LogP contribution in [0.5, 0.6) is 0 Å². The monoisotopic (exact) mass is 359 g/mol. The van der Waals surface area contributed by atoms with Crippen LogP contribution in [0.3, 0.4) is 0 Å². The molecule has 3 heterocycles. The molecule has 0 N–H and O–H groups in total. The Morgan fingerprint density at radius 3 is 2.83 bits per heavy atom. The van der Waals surface area contributed by atoms with Gasteiger partial charge in [0, 0.05) is 17.4 Å². The summed E-state index contributed by atoms with van der Waals surface area (Å²) in [4.78, 5) is 12.4. The van der Waals surface area contributed by atoms with Crippen molar-refractivity contribution >= 4 is 23.2 Å². The van der Waals surface area contributed by atoms with Gasteiger partial charge in [-0.15, -0.1) is 5.10 Å². The van der Waals surface area contributed by atoms with E-state index in [-0.39, 0.29) is 5.89 Å². The van der Waals surface area contributed by atoms with Crippen LogP contribution < -0.4 is 0 Å². The van der Waals surface area contributed by atoms with Crippen LogP contribution in [0.15, 0.2) is 47.5 Å². The summed E-state index contributed by atoms with van der Waals surface area (Å²) < 4.78 is 6.76. The van der Waals surface area contributed by atoms with Crippen molar-refractivity contribution in [2.24, 2.45) is 0 Å². The van der Waals surface area contributed by atoms with Crippen LogP contribution >= 0.6 is 23.2 Å². The molecule has 0 saturated heterocycles. The lowest BCUT2D eigenvalue weighted by Crippen LogP contribution is -2.00. The summed E-state index contributed by atoms with van der Waals surface area (Å²) in [6, 6.07) is 5.02. The highest BCUT2D eigenvalue weighted by Crippen LogP contribution is 2.28. The minimum absolute atomic E-state index is 0.219. The minimum atomic E-state index is 0.219. The molecule has 0 aliphatic heterocycles. The van der Waals surface area contributed by atoms with Gasteiger partial charge in [-0.05, 0) is 18.2 Å². The Labute approximate surface area is 145 Å². The molecule has 0 aliphatic carbocycles. The first kappa shape index (κ1) is 14.7. The van der Waals surface area contributed by atoms with Crippen molar-refractivity contribution in [1.82, 2.24) is 35.1 Å². The molecular formula is C14H7Cl2N7O. The van der Waals surface area contributed by atoms with Gasteiger partial charge in [0.1, 0.15) is 5.69 Å². The zero-order valence-electron chi connectivity index (χ0n) is 11.8. The lowest BCUT2D eigenvalue weighted by atomic mass is 10.3. The molecule has 0 spiro atoms. The van der Waals surface area contributed by atoms with E-state index in [1.54, 1.807) is 30.6 Å². The Morgan fingerprint density at radius 1 is 1.08 bits per heavy atom. The first-order chi connectivity index (χ1) is 11.7. The van der Waals surface area contributed by atoms with Crippen molar-refractivity contribution in [3.63, 3.8) is 0 Å². The first-order valence-electron chi connectivity index (χ1n) is 6.69. The minimum Gasteiger partial charge on any atom is -0.332 e. The zero-order chi connectivity index (χ0) is 16.5. The third-order valence-corrected chi connectivity index (χ3v) is 3.68. The fraction of sp³-hybridized carbons (Fsp3) is 0. The van der Waals surface area contributed by atoms with Crippen molar-refractivity contribution < 1.29 is 4.52 Å². The largest absolute Gasteiger partial charge is 0.332 e. The molecule has 0 radical (unpaired) electrons. The van der Waals surface area contributed by atoms with E-state index < -0.39 is 0 Å². The van der Waals surface area contributed by atoms with Gasteiger partial charge in [0.25, 0.3) is 5.89 Å². The van der Waals surface area contributed by atoms with Gasteiger partial charge in [-0.1, -0.05) is 33.6 Å². The summed E-state index contributed by atoms with van der Waals surface area (Å²) in [5.74, 6) is 0.528. The fourth-order valence-electron chi connectivity index (χ4n) is 2.05. The lowest BCUT2D eigenvalue weighted by molar-refractivity contribution is 0.429. The number of halogens is 2. The molecule has 0 atom stereocenters. The van der Waals surface area contributed by atoms with Gasteiger partial charge < -0.3 is 4.52 Å². The van der Waals surface area contributed by atoms with Crippen LogP contribution in [-0.2, 0) is 0 Å². The van der Waals surface area contributed by atoms with Gasteiger partial charge in [-0.3, -0.25) is 4.98 Å². The molecule has 0 fully saturated rings. The number of benzene rings is 1. The number of hydrogen-bond acceptors (Lipinski definition) is 7. The van der Waals surface area contributed by atoms with E-state index in [4.69, 9.17) is 27.7 Å². The normalized spacial score (nSPS) is 10.9. The smallest absolute Gasteiger partial charge is 0.278 e. The molecule has 4 aromatic rings. The molecule has 0 aliphatic rings. The molecule has 0 amide bonds. The average molecular weight is 360 g/mol. The molecule has 10 heteroatoms. The predicted octanol–water partition coefficient (Wildman–Crippen LogP) is 3.08. The SMILES string of the molecule is Clc1ccc(Cl)c(-n2nncc2-c2nc(-c3cnccn3)no2)c1. The van der Waals surface area contributed by atoms with Gasteiger partial charge in [0.2, 0.25) is 5.82 Å². The molecular weight excluding hydrogens is 353 g/mol. The van der Waals surface area contributed by atoms with Gasteiger partial charge in [0.15, 0.2) is 5.69 Å². The summed E-state index contributed by atoms with van der Waals surface area (Å²) in [5, 5.41) is 12.8. The van der Waals surface area contributed by atoms with Crippen LogP contribution in [0.25, 0.3) is 28.8 Å². The molecule has 0 bridgehead atoms. The third-order valence-electron chi connectivity index (χ3n) is 3.12. The molecule has 4 rings (SSSR count). The van der Waals surface area contributed by atoms with Gasteiger partial charge in [-0.2, -0.15) is 4.98 Å². The van der Waals surface area contributed by atoms with E-state index in [0.29, 0.717) is 32.9 Å². The van der Waals surface area contributed by atoms with Crippen molar-refractivity contribution in [1.29, 1.82) is 0 Å². The summed E-state index contributed by atoms with van der Waals surface area (Å²) >= 11 is 12.2. The second kappa shape index (κ2) is 5.99. The summed E-state index contributed by atoms with van der Waals surface area (Å²) in [6.45, 7) is 0. The number of hydrogen-bond donors (Lipinski definition) is 0. The fourth-order valence-corrected chi connectivity index (χ4v) is 2.42. The topological polar surface area (TPSA) is 95.4 Å². The second-order valence-electron chi connectivity index (χ2n) is 4.64. The summed E-state index contributed by atoms with van der Waals surface area (Å²) in [5.41, 5.74) is 1.52. The van der Waals surface area contributed by atoms with Crippen molar-refractivity contribution in [2.45, 2.75) is 0 Å². The maximum absolute atomic E-state index is 6.22. The quantitative estimate of drug-likeness (QED) is 0.554. The molecule has 0 unspecified atom stereocenters. The first-order valence-corrected chi connectivity index (χ1v) is 7.44. The highest BCUT2D eigenvalue weighted by atomic mass is 35.5. The molecule has 24 heavy (non-hydrogen) atoms. The molecule has 3 aromatic heterocycles. The van der Waals surface area contributed by atoms with E-state index in [2.05, 4.69) is 30.4 Å². The van der Waals surface area contributed by atoms with Crippen molar-refractivity contribution in [2.75, 3.05) is 0 Å². The zero-order valence-corrected chi connectivity index (χ0v) is 13.3. The molecule has 0 saturated carbocycles. The van der Waals surface area contributed by atoms with Crippen LogP contribution in [0.4, 0.5) is 0 Å². The predicted molar refractivity (Wildman–Crippen MR) is 85.7 cm³/mol. The highest BCUT2D eigenvalue weighted by Gasteiger charge is 2.18. The van der Waals surface area contributed by atoms with Gasteiger partial charge in [0.05, 0.1) is 23.1 Å². The number of nitrogens with zero attached hydrogens (tertiary/aromatic N) is 7. The van der Waals surface area contributed by atoms with E-state index in [9.17, 15) is 0 Å². The van der Waals surface area contributed by atoms with Crippen molar-refractivity contribution in [3.8, 4) is 28.8 Å². The lowest BCUT2D eigenvalue weighted by Gasteiger charge is -2.05. The van der Waals surface area contributed by atoms with Gasteiger partial charge >= 0.3 is 0 Å². The second-order valence-corrected chi connectivity index (χ2v) is 5.48. The highest BCUT2D eigenvalue weighted by molar-refractivity contribution is 6.34. The maximum atomic E-state index is 6.22. The van der Waals surface area contributed by atoms with Crippen LogP contribution in [0.2, 0.25) is 10.0 Å². The Hall–Kier alpha value is -2.84.